The summed E-state index contributed by atoms with van der Waals surface area (Å²) in [5.41, 5.74) is 1.76. The highest BCUT2D eigenvalue weighted by molar-refractivity contribution is 14.1. The van der Waals surface area contributed by atoms with Crippen molar-refractivity contribution in [3.05, 3.63) is 79.3 Å². The molecule has 0 aliphatic carbocycles. The number of amides is 1. The number of benzene rings is 3. The van der Waals surface area contributed by atoms with Gasteiger partial charge in [0.25, 0.3) is 15.9 Å². The highest BCUT2D eigenvalue weighted by Crippen LogP contribution is 2.29. The maximum atomic E-state index is 13.2. The third kappa shape index (κ3) is 5.24. The first-order valence-corrected chi connectivity index (χ1v) is 13.5. The molecular weight excluding hydrogens is 618 g/mol. The molecule has 170 valence electrons. The highest BCUT2D eigenvalue weighted by atomic mass is 127. The Bertz CT molecular complexity index is 1480. The van der Waals surface area contributed by atoms with Crippen molar-refractivity contribution in [2.24, 2.45) is 0 Å². The van der Waals surface area contributed by atoms with Gasteiger partial charge >= 0.3 is 0 Å². The minimum atomic E-state index is -4.04. The molecule has 1 atom stereocenters. The summed E-state index contributed by atoms with van der Waals surface area (Å²) in [5, 5.41) is 3.77. The van der Waals surface area contributed by atoms with E-state index in [1.54, 1.807) is 55.5 Å². The average molecular weight is 633 g/mol. The lowest BCUT2D eigenvalue weighted by Crippen LogP contribution is -2.28. The van der Waals surface area contributed by atoms with Gasteiger partial charge in [-0.25, -0.2) is 8.42 Å². The van der Waals surface area contributed by atoms with E-state index in [2.05, 4.69) is 18.8 Å². The van der Waals surface area contributed by atoms with Crippen molar-refractivity contribution < 1.29 is 13.2 Å². The molecule has 7 nitrogen and oxygen atoms in total. The van der Waals surface area contributed by atoms with Crippen molar-refractivity contribution in [2.75, 3.05) is 4.72 Å². The second-order valence-electron chi connectivity index (χ2n) is 7.04. The zero-order chi connectivity index (χ0) is 23.8. The molecule has 3 aromatic carbocycles. The van der Waals surface area contributed by atoms with Crippen LogP contribution in [0.4, 0.5) is 5.69 Å². The Labute approximate surface area is 218 Å². The number of halogens is 3. The number of carbonyl (C=O) groups is 1. The Morgan fingerprint density at radius 1 is 1.09 bits per heavy atom. The number of hydrogen-bond donors (Lipinski definition) is 2. The van der Waals surface area contributed by atoms with Gasteiger partial charge in [-0.05, 0) is 77.5 Å². The van der Waals surface area contributed by atoms with Crippen LogP contribution in [0.3, 0.4) is 0 Å². The van der Waals surface area contributed by atoms with E-state index in [9.17, 15) is 13.2 Å². The van der Waals surface area contributed by atoms with Gasteiger partial charge in [0.1, 0.15) is 15.9 Å². The Kier molecular flexibility index (Phi) is 7.10. The Morgan fingerprint density at radius 2 is 1.88 bits per heavy atom. The maximum absolute atomic E-state index is 13.2. The maximum Gasteiger partial charge on any atom is 0.264 e. The van der Waals surface area contributed by atoms with Gasteiger partial charge in [-0.15, -0.1) is 0 Å². The molecular formula is C21H15Cl2IN4O3S2. The predicted molar refractivity (Wildman–Crippen MR) is 140 cm³/mol. The first-order chi connectivity index (χ1) is 15.7. The number of nitrogens with zero attached hydrogens (tertiary/aromatic N) is 2. The predicted octanol–water partition coefficient (Wildman–Crippen LogP) is 5.89. The monoisotopic (exact) mass is 632 g/mol. The fraction of sp³-hybridized carbons (Fsp3) is 0.0952. The number of nitrogens with one attached hydrogen (secondary N) is 2. The normalized spacial score (nSPS) is 12.5. The fourth-order valence-electron chi connectivity index (χ4n) is 3.20. The van der Waals surface area contributed by atoms with Gasteiger partial charge in [0.05, 0.1) is 29.0 Å². The molecule has 0 unspecified atom stereocenters. The first kappa shape index (κ1) is 24.1. The van der Waals surface area contributed by atoms with Gasteiger partial charge < -0.3 is 5.32 Å². The lowest BCUT2D eigenvalue weighted by atomic mass is 10.1. The van der Waals surface area contributed by atoms with Crippen LogP contribution in [0.15, 0.2) is 59.5 Å². The number of fused-ring (bicyclic) bond motifs is 1. The molecule has 0 saturated carbocycles. The number of anilines is 1. The van der Waals surface area contributed by atoms with Crippen LogP contribution in [0.2, 0.25) is 10.0 Å². The summed E-state index contributed by atoms with van der Waals surface area (Å²) in [6.07, 6.45) is 0. The average Bonchev–Trinajstić information content (AvgIpc) is 3.22. The molecule has 0 aliphatic heterocycles. The van der Waals surface area contributed by atoms with Crippen LogP contribution in [0.25, 0.3) is 11.0 Å². The molecule has 0 radical (unpaired) electrons. The number of hydrogen-bond acceptors (Lipinski definition) is 6. The summed E-state index contributed by atoms with van der Waals surface area (Å²) in [6.45, 7) is 1.78. The van der Waals surface area contributed by atoms with Gasteiger partial charge in [-0.1, -0.05) is 35.3 Å². The zero-order valence-corrected chi connectivity index (χ0v) is 22.1. The topological polar surface area (TPSA) is 101 Å². The van der Waals surface area contributed by atoms with Crippen LogP contribution in [-0.2, 0) is 10.0 Å². The van der Waals surface area contributed by atoms with Crippen LogP contribution in [0, 0.1) is 3.57 Å². The molecule has 4 aromatic rings. The van der Waals surface area contributed by atoms with Crippen molar-refractivity contribution in [2.45, 2.75) is 17.9 Å². The molecule has 1 amide bonds. The van der Waals surface area contributed by atoms with Gasteiger partial charge in [-0.3, -0.25) is 9.52 Å². The van der Waals surface area contributed by atoms with Crippen molar-refractivity contribution in [3.8, 4) is 0 Å². The van der Waals surface area contributed by atoms with E-state index >= 15 is 0 Å². The molecule has 4 rings (SSSR count). The van der Waals surface area contributed by atoms with Gasteiger partial charge in [0.15, 0.2) is 0 Å². The quantitative estimate of drug-likeness (QED) is 0.258. The lowest BCUT2D eigenvalue weighted by Gasteiger charge is -2.18. The minimum absolute atomic E-state index is 0.0136. The van der Waals surface area contributed by atoms with Gasteiger partial charge in [-0.2, -0.15) is 8.75 Å². The Hall–Kier alpha value is -1.99. The molecule has 0 bridgehead atoms. The standard InChI is InChI=1S/C21H15Cl2IN4O3S2/c1-11(14-7-5-12(22)9-16(14)23)25-21(29)15-8-6-13(24)10-18(15)28-33(30,31)19-4-2-3-17-20(19)27-32-26-17/h2-11,28H,1H3,(H,25,29)/t11-/m1/s1. The summed E-state index contributed by atoms with van der Waals surface area (Å²) in [6, 6.07) is 14.2. The van der Waals surface area contributed by atoms with Crippen molar-refractivity contribution in [1.82, 2.24) is 14.1 Å². The van der Waals surface area contributed by atoms with Crippen LogP contribution in [0.1, 0.15) is 28.9 Å². The molecule has 0 saturated heterocycles. The van der Waals surface area contributed by atoms with Gasteiger partial charge in [0, 0.05) is 13.6 Å². The fourth-order valence-corrected chi connectivity index (χ4v) is 6.10. The molecule has 12 heteroatoms. The van der Waals surface area contributed by atoms with E-state index < -0.39 is 22.0 Å². The third-order valence-electron chi connectivity index (χ3n) is 4.79. The van der Waals surface area contributed by atoms with E-state index in [1.807, 2.05) is 22.6 Å². The Balaban J connectivity index is 1.65. The van der Waals surface area contributed by atoms with Crippen molar-refractivity contribution in [3.63, 3.8) is 0 Å². The van der Waals surface area contributed by atoms with Crippen LogP contribution < -0.4 is 10.0 Å². The summed E-state index contributed by atoms with van der Waals surface area (Å²) in [4.78, 5) is 13.1. The lowest BCUT2D eigenvalue weighted by molar-refractivity contribution is 0.0941. The number of sulfonamides is 1. The summed E-state index contributed by atoms with van der Waals surface area (Å²) >= 11 is 15.2. The highest BCUT2D eigenvalue weighted by Gasteiger charge is 2.23. The smallest absolute Gasteiger partial charge is 0.264 e. The number of carbonyl (C=O) groups excluding carboxylic acids is 1. The van der Waals surface area contributed by atoms with Gasteiger partial charge in [0.2, 0.25) is 0 Å². The molecule has 1 heterocycles. The van der Waals surface area contributed by atoms with E-state index in [0.717, 1.165) is 15.3 Å². The number of aromatic nitrogens is 2. The van der Waals surface area contributed by atoms with Crippen molar-refractivity contribution in [1.29, 1.82) is 0 Å². The first-order valence-electron chi connectivity index (χ1n) is 9.45. The largest absolute Gasteiger partial charge is 0.345 e. The van der Waals surface area contributed by atoms with E-state index in [-0.39, 0.29) is 21.7 Å². The SMILES string of the molecule is C[C@@H](NC(=O)c1ccc(I)cc1NS(=O)(=O)c1cccc2nsnc12)c1ccc(Cl)cc1Cl. The molecule has 0 fully saturated rings. The molecule has 0 spiro atoms. The van der Waals surface area contributed by atoms with Crippen LogP contribution in [0.5, 0.6) is 0 Å². The molecule has 2 N–H and O–H groups in total. The third-order valence-corrected chi connectivity index (χ3v) is 7.96. The second-order valence-corrected chi connectivity index (χ2v) is 11.3. The molecule has 33 heavy (non-hydrogen) atoms. The summed E-state index contributed by atoms with van der Waals surface area (Å²) in [5.74, 6) is -0.462. The van der Waals surface area contributed by atoms with E-state index in [0.29, 0.717) is 21.1 Å². The minimum Gasteiger partial charge on any atom is -0.345 e. The summed E-state index contributed by atoms with van der Waals surface area (Å²) in [7, 11) is -4.04. The van der Waals surface area contributed by atoms with Crippen LogP contribution >= 0.6 is 57.5 Å². The molecule has 0 aliphatic rings. The zero-order valence-electron chi connectivity index (χ0n) is 16.8. The number of rotatable bonds is 6. The molecule has 1 aromatic heterocycles. The van der Waals surface area contributed by atoms with E-state index in [4.69, 9.17) is 23.2 Å². The second kappa shape index (κ2) is 9.71. The van der Waals surface area contributed by atoms with E-state index in [1.165, 1.54) is 6.07 Å². The van der Waals surface area contributed by atoms with Crippen molar-refractivity contribution >= 4 is 90.2 Å². The Morgan fingerprint density at radius 3 is 2.64 bits per heavy atom. The summed E-state index contributed by atoms with van der Waals surface area (Å²) < 4.78 is 37.8. The van der Waals surface area contributed by atoms with Crippen LogP contribution in [-0.4, -0.2) is 23.1 Å².